The second kappa shape index (κ2) is 4.55. The van der Waals surface area contributed by atoms with Gasteiger partial charge in [0.05, 0.1) is 0 Å². The van der Waals surface area contributed by atoms with Crippen molar-refractivity contribution in [2.45, 2.75) is 24.4 Å². The van der Waals surface area contributed by atoms with Gasteiger partial charge in [-0.05, 0) is 12.5 Å². The lowest BCUT2D eigenvalue weighted by atomic mass is 9.78. The summed E-state index contributed by atoms with van der Waals surface area (Å²) in [6, 6.07) is 7.33. The van der Waals surface area contributed by atoms with Crippen LogP contribution in [-0.4, -0.2) is 29.4 Å². The average molecular weight is 302 g/mol. The molecule has 8 nitrogen and oxygen atoms in total. The van der Waals surface area contributed by atoms with Gasteiger partial charge in [-0.25, -0.2) is 9.59 Å². The number of hydrogen-bond acceptors (Lipinski definition) is 4. The zero-order valence-electron chi connectivity index (χ0n) is 11.7. The predicted molar refractivity (Wildman–Crippen MR) is 74.5 cm³/mol. The van der Waals surface area contributed by atoms with Gasteiger partial charge in [-0.1, -0.05) is 30.3 Å². The molecular weight excluding hydrogens is 288 g/mol. The first-order chi connectivity index (χ1) is 10.4. The third kappa shape index (κ3) is 2.00. The molecule has 0 radical (unpaired) electrons. The van der Waals surface area contributed by atoms with Crippen molar-refractivity contribution in [3.8, 4) is 0 Å². The molecule has 2 unspecified atom stereocenters. The second-order valence-electron chi connectivity index (χ2n) is 5.60. The molecule has 1 aromatic rings. The van der Waals surface area contributed by atoms with Crippen LogP contribution in [0.4, 0.5) is 9.59 Å². The second-order valence-corrected chi connectivity index (χ2v) is 5.60. The molecule has 0 spiro atoms. The molecule has 2 fully saturated rings. The van der Waals surface area contributed by atoms with Crippen molar-refractivity contribution in [1.82, 2.24) is 21.3 Å². The van der Waals surface area contributed by atoms with Gasteiger partial charge in [-0.3, -0.25) is 20.2 Å². The topological polar surface area (TPSA) is 116 Å². The molecule has 3 rings (SSSR count). The van der Waals surface area contributed by atoms with Crippen molar-refractivity contribution in [3.63, 3.8) is 0 Å². The lowest BCUT2D eigenvalue weighted by Crippen LogP contribution is -2.55. The van der Waals surface area contributed by atoms with Gasteiger partial charge in [-0.2, -0.15) is 0 Å². The molecule has 0 bridgehead atoms. The van der Waals surface area contributed by atoms with E-state index in [0.717, 1.165) is 0 Å². The summed E-state index contributed by atoms with van der Waals surface area (Å²) in [4.78, 5) is 47.4. The van der Waals surface area contributed by atoms with Crippen LogP contribution in [0.2, 0.25) is 0 Å². The molecule has 1 aromatic carbocycles. The highest BCUT2D eigenvalue weighted by Crippen LogP contribution is 2.34. The van der Waals surface area contributed by atoms with Crippen LogP contribution >= 0.6 is 0 Å². The van der Waals surface area contributed by atoms with E-state index in [-0.39, 0.29) is 6.42 Å². The van der Waals surface area contributed by atoms with Gasteiger partial charge in [0.15, 0.2) is 0 Å². The Labute approximate surface area is 125 Å². The van der Waals surface area contributed by atoms with Gasteiger partial charge < -0.3 is 10.6 Å². The van der Waals surface area contributed by atoms with Gasteiger partial charge in [0, 0.05) is 6.42 Å². The number of imide groups is 2. The van der Waals surface area contributed by atoms with Gasteiger partial charge in [-0.15, -0.1) is 0 Å². The summed E-state index contributed by atoms with van der Waals surface area (Å²) >= 11 is 0. The van der Waals surface area contributed by atoms with Crippen LogP contribution in [0.3, 0.4) is 0 Å². The van der Waals surface area contributed by atoms with E-state index >= 15 is 0 Å². The standard InChI is InChI=1S/C14H14N4O4/c1-13(9(19)15-11(21)17-13)7-14(8-5-3-2-4-6-8)10(20)16-12(22)18-14/h2-6H,7H2,1H3,(H2,15,17,19,21)(H2,16,18,20,22). The minimum Gasteiger partial charge on any atom is -0.323 e. The van der Waals surface area contributed by atoms with Gasteiger partial charge >= 0.3 is 12.1 Å². The normalized spacial score (nSPS) is 30.6. The van der Waals surface area contributed by atoms with Crippen molar-refractivity contribution >= 4 is 23.9 Å². The summed E-state index contributed by atoms with van der Waals surface area (Å²) in [5, 5.41) is 9.43. The van der Waals surface area contributed by atoms with Crippen LogP contribution in [0.1, 0.15) is 18.9 Å². The fraction of sp³-hybridized carbons (Fsp3) is 0.286. The largest absolute Gasteiger partial charge is 0.323 e. The first-order valence-electron chi connectivity index (χ1n) is 6.68. The molecule has 2 saturated heterocycles. The maximum Gasteiger partial charge on any atom is 0.322 e. The van der Waals surface area contributed by atoms with Gasteiger partial charge in [0.25, 0.3) is 11.8 Å². The predicted octanol–water partition coefficient (Wildman–Crippen LogP) is -0.290. The number of benzene rings is 1. The van der Waals surface area contributed by atoms with Crippen molar-refractivity contribution in [2.24, 2.45) is 0 Å². The molecule has 2 aliphatic rings. The molecule has 22 heavy (non-hydrogen) atoms. The highest BCUT2D eigenvalue weighted by atomic mass is 16.2. The Morgan fingerprint density at radius 3 is 1.95 bits per heavy atom. The Balaban J connectivity index is 2.05. The maximum absolute atomic E-state index is 12.4. The lowest BCUT2D eigenvalue weighted by Gasteiger charge is -2.33. The van der Waals surface area contributed by atoms with Gasteiger partial charge in [0.1, 0.15) is 11.1 Å². The first kappa shape index (κ1) is 14.1. The summed E-state index contributed by atoms with van der Waals surface area (Å²) < 4.78 is 0. The van der Waals surface area contributed by atoms with Crippen molar-refractivity contribution in [2.75, 3.05) is 0 Å². The fourth-order valence-electron chi connectivity index (χ4n) is 2.88. The molecule has 6 amide bonds. The van der Waals surface area contributed by atoms with Crippen LogP contribution in [0.15, 0.2) is 30.3 Å². The molecule has 114 valence electrons. The fourth-order valence-corrected chi connectivity index (χ4v) is 2.88. The highest BCUT2D eigenvalue weighted by Gasteiger charge is 2.55. The van der Waals surface area contributed by atoms with Crippen molar-refractivity contribution in [1.29, 1.82) is 0 Å². The van der Waals surface area contributed by atoms with Crippen molar-refractivity contribution in [3.05, 3.63) is 35.9 Å². The summed E-state index contributed by atoms with van der Waals surface area (Å²) in [5.41, 5.74) is -2.18. The zero-order valence-corrected chi connectivity index (χ0v) is 11.7. The molecule has 8 heteroatoms. The molecule has 2 aliphatic heterocycles. The molecule has 0 aliphatic carbocycles. The Bertz CT molecular complexity index is 689. The summed E-state index contributed by atoms with van der Waals surface area (Å²) in [6.07, 6.45) is -0.0981. The van der Waals surface area contributed by atoms with E-state index < -0.39 is 35.0 Å². The maximum atomic E-state index is 12.4. The third-order valence-corrected chi connectivity index (χ3v) is 3.94. The van der Waals surface area contributed by atoms with E-state index in [2.05, 4.69) is 21.3 Å². The van der Waals surface area contributed by atoms with Crippen molar-refractivity contribution < 1.29 is 19.2 Å². The Morgan fingerprint density at radius 2 is 1.45 bits per heavy atom. The molecule has 0 saturated carbocycles. The minimum absolute atomic E-state index is 0.0981. The van der Waals surface area contributed by atoms with E-state index in [1.165, 1.54) is 6.92 Å². The van der Waals surface area contributed by atoms with Crippen LogP contribution in [0.5, 0.6) is 0 Å². The SMILES string of the molecule is CC1(CC2(c3ccccc3)NC(=O)NC2=O)NC(=O)NC1=O. The summed E-state index contributed by atoms with van der Waals surface area (Å²) in [5.74, 6) is -1.10. The third-order valence-electron chi connectivity index (χ3n) is 3.94. The number of amides is 6. The molecule has 2 atom stereocenters. The first-order valence-corrected chi connectivity index (χ1v) is 6.68. The minimum atomic E-state index is -1.41. The Morgan fingerprint density at radius 1 is 0.864 bits per heavy atom. The number of nitrogens with one attached hydrogen (secondary N) is 4. The molecule has 2 heterocycles. The molecular formula is C14H14N4O4. The zero-order chi connectivity index (χ0) is 16.0. The van der Waals surface area contributed by atoms with Crippen LogP contribution < -0.4 is 21.3 Å². The van der Waals surface area contributed by atoms with Crippen LogP contribution in [-0.2, 0) is 15.1 Å². The Hall–Kier alpha value is -2.90. The van der Waals surface area contributed by atoms with E-state index in [9.17, 15) is 19.2 Å². The number of carbonyl (C=O) groups is 4. The Kier molecular flexibility index (Phi) is 2.91. The summed E-state index contributed by atoms with van der Waals surface area (Å²) in [6.45, 7) is 1.51. The quantitative estimate of drug-likeness (QED) is 0.574. The monoisotopic (exact) mass is 302 g/mol. The van der Waals surface area contributed by atoms with E-state index in [4.69, 9.17) is 0 Å². The number of urea groups is 2. The molecule has 0 aromatic heterocycles. The van der Waals surface area contributed by atoms with E-state index in [1.807, 2.05) is 0 Å². The molecule has 4 N–H and O–H groups in total. The number of carbonyl (C=O) groups excluding carboxylic acids is 4. The van der Waals surface area contributed by atoms with Crippen LogP contribution in [0, 0.1) is 0 Å². The smallest absolute Gasteiger partial charge is 0.322 e. The number of rotatable bonds is 3. The average Bonchev–Trinajstić information content (AvgIpc) is 2.87. The van der Waals surface area contributed by atoms with E-state index in [0.29, 0.717) is 5.56 Å². The summed E-state index contributed by atoms with van der Waals surface area (Å²) in [7, 11) is 0. The van der Waals surface area contributed by atoms with E-state index in [1.54, 1.807) is 30.3 Å². The highest BCUT2D eigenvalue weighted by molar-refractivity contribution is 6.10. The number of hydrogen-bond donors (Lipinski definition) is 4. The van der Waals surface area contributed by atoms with Gasteiger partial charge in [0.2, 0.25) is 0 Å². The lowest BCUT2D eigenvalue weighted by molar-refractivity contribution is -0.128. The van der Waals surface area contributed by atoms with Crippen LogP contribution in [0.25, 0.3) is 0 Å².